The summed E-state index contributed by atoms with van der Waals surface area (Å²) in [5.74, 6) is -0.869. The molecule has 1 saturated heterocycles. The van der Waals surface area contributed by atoms with Gasteiger partial charge < -0.3 is 14.9 Å². The number of nitrogens with zero attached hydrogens (tertiary/aromatic N) is 1. The molecule has 0 bridgehead atoms. The average molecular weight is 464 g/mol. The van der Waals surface area contributed by atoms with Crippen molar-refractivity contribution in [2.45, 2.75) is 32.2 Å². The Morgan fingerprint density at radius 2 is 1.77 bits per heavy atom. The SMILES string of the molecule is Cc1ccc2[nH]cc(C(=O)C(=O)N3CCCCC3c3c[nH]c4ccc(Br)cc34)c2c1. The van der Waals surface area contributed by atoms with Crippen LogP contribution in [0.2, 0.25) is 0 Å². The van der Waals surface area contributed by atoms with Gasteiger partial charge in [-0.25, -0.2) is 0 Å². The molecule has 0 radical (unpaired) electrons. The summed E-state index contributed by atoms with van der Waals surface area (Å²) in [6.45, 7) is 2.58. The first-order valence-electron chi connectivity index (χ1n) is 10.2. The van der Waals surface area contributed by atoms with Gasteiger partial charge in [0.1, 0.15) is 0 Å². The van der Waals surface area contributed by atoms with Crippen LogP contribution in [-0.2, 0) is 4.79 Å². The first-order chi connectivity index (χ1) is 14.5. The highest BCUT2D eigenvalue weighted by molar-refractivity contribution is 9.10. The number of aromatic amines is 2. The largest absolute Gasteiger partial charge is 0.361 e. The predicted molar refractivity (Wildman–Crippen MR) is 122 cm³/mol. The highest BCUT2D eigenvalue weighted by Crippen LogP contribution is 2.36. The molecule has 1 unspecified atom stereocenters. The summed E-state index contributed by atoms with van der Waals surface area (Å²) in [7, 11) is 0. The predicted octanol–water partition coefficient (Wildman–Crippen LogP) is 5.66. The van der Waals surface area contributed by atoms with E-state index in [9.17, 15) is 9.59 Å². The van der Waals surface area contributed by atoms with Crippen LogP contribution in [0.3, 0.4) is 0 Å². The number of carbonyl (C=O) groups is 2. The van der Waals surface area contributed by atoms with E-state index in [-0.39, 0.29) is 6.04 Å². The Kier molecular flexibility index (Phi) is 4.74. The molecule has 3 heterocycles. The Labute approximate surface area is 182 Å². The van der Waals surface area contributed by atoms with Crippen LogP contribution in [0.15, 0.2) is 53.3 Å². The lowest BCUT2D eigenvalue weighted by molar-refractivity contribution is -0.130. The minimum atomic E-state index is -0.445. The van der Waals surface area contributed by atoms with Gasteiger partial charge in [0, 0.05) is 45.2 Å². The van der Waals surface area contributed by atoms with Crippen molar-refractivity contribution in [3.8, 4) is 0 Å². The molecule has 0 spiro atoms. The zero-order valence-corrected chi connectivity index (χ0v) is 18.3. The van der Waals surface area contributed by atoms with E-state index in [1.54, 1.807) is 11.1 Å². The molecule has 2 aromatic carbocycles. The lowest BCUT2D eigenvalue weighted by Crippen LogP contribution is -2.42. The maximum atomic E-state index is 13.4. The van der Waals surface area contributed by atoms with Gasteiger partial charge >= 0.3 is 0 Å². The van der Waals surface area contributed by atoms with Gasteiger partial charge in [-0.1, -0.05) is 27.6 Å². The van der Waals surface area contributed by atoms with Crippen molar-refractivity contribution in [3.63, 3.8) is 0 Å². The standard InChI is InChI=1S/C24H22BrN3O2/c1-14-5-7-20-16(10-14)19(13-27-20)23(29)24(30)28-9-3-2-4-22(28)18-12-26-21-8-6-15(25)11-17(18)21/h5-8,10-13,22,26-27H,2-4,9H2,1H3. The molecule has 6 heteroatoms. The number of hydrogen-bond donors (Lipinski definition) is 2. The van der Waals surface area contributed by atoms with Gasteiger partial charge in [-0.3, -0.25) is 9.59 Å². The number of carbonyl (C=O) groups excluding carboxylic acids is 2. The molecule has 5 rings (SSSR count). The second kappa shape index (κ2) is 7.43. The first kappa shape index (κ1) is 19.1. The number of aryl methyl sites for hydroxylation is 1. The number of Topliss-reactive ketones (excluding diaryl/α,β-unsaturated/α-hetero) is 1. The van der Waals surface area contributed by atoms with Crippen molar-refractivity contribution in [2.75, 3.05) is 6.54 Å². The number of rotatable bonds is 3. The van der Waals surface area contributed by atoms with Crippen LogP contribution in [0.5, 0.6) is 0 Å². The summed E-state index contributed by atoms with van der Waals surface area (Å²) in [4.78, 5) is 34.8. The van der Waals surface area contributed by atoms with Crippen LogP contribution in [0, 0.1) is 6.92 Å². The average Bonchev–Trinajstić information content (AvgIpc) is 3.36. The van der Waals surface area contributed by atoms with Crippen LogP contribution in [0.1, 0.15) is 46.8 Å². The highest BCUT2D eigenvalue weighted by atomic mass is 79.9. The smallest absolute Gasteiger partial charge is 0.295 e. The summed E-state index contributed by atoms with van der Waals surface area (Å²) in [6, 6.07) is 11.9. The maximum absolute atomic E-state index is 13.4. The van der Waals surface area contributed by atoms with E-state index in [1.807, 2.05) is 43.5 Å². The fourth-order valence-electron chi connectivity index (χ4n) is 4.56. The maximum Gasteiger partial charge on any atom is 0.295 e. The van der Waals surface area contributed by atoms with Gasteiger partial charge in [-0.05, 0) is 62.1 Å². The van der Waals surface area contributed by atoms with E-state index in [0.29, 0.717) is 12.1 Å². The number of halogens is 1. The zero-order chi connectivity index (χ0) is 20.8. The van der Waals surface area contributed by atoms with Crippen molar-refractivity contribution in [3.05, 3.63) is 70.0 Å². The Morgan fingerprint density at radius 3 is 2.63 bits per heavy atom. The van der Waals surface area contributed by atoms with Crippen molar-refractivity contribution in [1.29, 1.82) is 0 Å². The minimum Gasteiger partial charge on any atom is -0.361 e. The van der Waals surface area contributed by atoms with Gasteiger partial charge in [0.2, 0.25) is 0 Å². The molecule has 152 valence electrons. The number of fused-ring (bicyclic) bond motifs is 2. The van der Waals surface area contributed by atoms with Gasteiger partial charge in [0.25, 0.3) is 11.7 Å². The molecule has 30 heavy (non-hydrogen) atoms. The minimum absolute atomic E-state index is 0.106. The van der Waals surface area contributed by atoms with E-state index in [1.165, 1.54) is 0 Å². The fourth-order valence-corrected chi connectivity index (χ4v) is 4.92. The molecular weight excluding hydrogens is 442 g/mol. The van der Waals surface area contributed by atoms with E-state index in [2.05, 4.69) is 32.0 Å². The molecule has 1 aliphatic rings. The van der Waals surface area contributed by atoms with Gasteiger partial charge in [0.15, 0.2) is 0 Å². The third-order valence-corrected chi connectivity index (χ3v) is 6.57. The molecule has 1 fully saturated rings. The number of hydrogen-bond acceptors (Lipinski definition) is 2. The summed E-state index contributed by atoms with van der Waals surface area (Å²) in [5.41, 5.74) is 4.48. The summed E-state index contributed by atoms with van der Waals surface area (Å²) < 4.78 is 0.995. The highest BCUT2D eigenvalue weighted by Gasteiger charge is 2.34. The zero-order valence-electron chi connectivity index (χ0n) is 16.7. The molecular formula is C24H22BrN3O2. The van der Waals surface area contributed by atoms with E-state index < -0.39 is 11.7 Å². The van der Waals surface area contributed by atoms with Gasteiger partial charge in [0.05, 0.1) is 11.6 Å². The summed E-state index contributed by atoms with van der Waals surface area (Å²) in [5, 5.41) is 1.89. The van der Waals surface area contributed by atoms with Crippen LogP contribution in [0.4, 0.5) is 0 Å². The molecule has 4 aromatic rings. The van der Waals surface area contributed by atoms with E-state index in [4.69, 9.17) is 0 Å². The molecule has 1 aliphatic heterocycles. The molecule has 5 nitrogen and oxygen atoms in total. The Balaban J connectivity index is 1.52. The second-order valence-electron chi connectivity index (χ2n) is 8.02. The van der Waals surface area contributed by atoms with Crippen molar-refractivity contribution >= 4 is 49.4 Å². The lowest BCUT2D eigenvalue weighted by Gasteiger charge is -2.35. The molecule has 0 saturated carbocycles. The van der Waals surface area contributed by atoms with Gasteiger partial charge in [-0.15, -0.1) is 0 Å². The normalized spacial score (nSPS) is 17.0. The van der Waals surface area contributed by atoms with Crippen LogP contribution >= 0.6 is 15.9 Å². The molecule has 2 N–H and O–H groups in total. The Morgan fingerprint density at radius 1 is 1.00 bits per heavy atom. The number of benzene rings is 2. The number of H-pyrrole nitrogens is 2. The van der Waals surface area contributed by atoms with E-state index >= 15 is 0 Å². The van der Waals surface area contributed by atoms with Crippen LogP contribution in [-0.4, -0.2) is 33.1 Å². The van der Waals surface area contributed by atoms with Crippen molar-refractivity contribution in [2.24, 2.45) is 0 Å². The van der Waals surface area contributed by atoms with Crippen LogP contribution in [0.25, 0.3) is 21.8 Å². The third-order valence-electron chi connectivity index (χ3n) is 6.07. The second-order valence-corrected chi connectivity index (χ2v) is 8.94. The lowest BCUT2D eigenvalue weighted by atomic mass is 9.94. The molecule has 1 amide bonds. The van der Waals surface area contributed by atoms with Crippen molar-refractivity contribution in [1.82, 2.24) is 14.9 Å². The molecule has 0 aliphatic carbocycles. The number of aromatic nitrogens is 2. The van der Waals surface area contributed by atoms with E-state index in [0.717, 1.165) is 56.7 Å². The number of likely N-dealkylation sites (tertiary alicyclic amines) is 1. The molecule has 2 aromatic heterocycles. The van der Waals surface area contributed by atoms with Crippen molar-refractivity contribution < 1.29 is 9.59 Å². The topological polar surface area (TPSA) is 69.0 Å². The fraction of sp³-hybridized carbons (Fsp3) is 0.250. The number of ketones is 1. The van der Waals surface area contributed by atoms with Crippen LogP contribution < -0.4 is 0 Å². The van der Waals surface area contributed by atoms with Gasteiger partial charge in [-0.2, -0.15) is 0 Å². The summed E-state index contributed by atoms with van der Waals surface area (Å²) >= 11 is 3.55. The number of amides is 1. The summed E-state index contributed by atoms with van der Waals surface area (Å²) in [6.07, 6.45) is 6.44. The number of nitrogens with one attached hydrogen (secondary N) is 2. The quantitative estimate of drug-likeness (QED) is 0.304. The monoisotopic (exact) mass is 463 g/mol. The molecule has 1 atom stereocenters. The first-order valence-corrected chi connectivity index (χ1v) is 11.0. The Bertz CT molecular complexity index is 1290. The number of piperidine rings is 1. The third kappa shape index (κ3) is 3.16. The Hall–Kier alpha value is -2.86.